The van der Waals surface area contributed by atoms with Gasteiger partial charge in [0, 0.05) is 35.1 Å². The van der Waals surface area contributed by atoms with E-state index in [2.05, 4.69) is 17.6 Å². The second-order valence-corrected chi connectivity index (χ2v) is 10.9. The number of allylic oxidation sites excluding steroid dienone is 2. The number of esters is 2. The Kier molecular flexibility index (Phi) is 18.4. The quantitative estimate of drug-likeness (QED) is 0.0842. The lowest BCUT2D eigenvalue weighted by atomic mass is 9.80. The summed E-state index contributed by atoms with van der Waals surface area (Å²) in [6.07, 6.45) is 5.70. The van der Waals surface area contributed by atoms with Crippen molar-refractivity contribution in [3.8, 4) is 11.5 Å². The van der Waals surface area contributed by atoms with Gasteiger partial charge in [0.1, 0.15) is 11.5 Å². The summed E-state index contributed by atoms with van der Waals surface area (Å²) >= 11 is 0. The van der Waals surface area contributed by atoms with Gasteiger partial charge in [-0.3, -0.25) is 10.1 Å². The Hall–Kier alpha value is -3.94. The SMILES string of the molecule is Br.CCCCC(CCCOc1ccc([N+](=O)[O-])cc1C1C(C(=O)OC)=C(C)NC(C)=C1C(=O)OC)NCCCOc1ccccc1.O. The van der Waals surface area contributed by atoms with Gasteiger partial charge < -0.3 is 35.1 Å². The van der Waals surface area contributed by atoms with Crippen molar-refractivity contribution in [3.63, 3.8) is 0 Å². The molecule has 0 bridgehead atoms. The molecule has 0 saturated heterocycles. The Morgan fingerprint density at radius 1 is 0.915 bits per heavy atom. The van der Waals surface area contributed by atoms with Crippen LogP contribution in [0.4, 0.5) is 5.69 Å². The molecule has 1 unspecified atom stereocenters. The average molecular weight is 723 g/mol. The van der Waals surface area contributed by atoms with Crippen LogP contribution in [0.1, 0.15) is 70.8 Å². The van der Waals surface area contributed by atoms with Gasteiger partial charge in [0.25, 0.3) is 5.69 Å². The number of nitro benzene ring substituents is 1. The third kappa shape index (κ3) is 11.7. The fourth-order valence-corrected chi connectivity index (χ4v) is 5.47. The van der Waals surface area contributed by atoms with Crippen molar-refractivity contribution in [1.82, 2.24) is 10.6 Å². The van der Waals surface area contributed by atoms with E-state index in [-0.39, 0.29) is 39.3 Å². The first-order valence-electron chi connectivity index (χ1n) is 15.4. The van der Waals surface area contributed by atoms with Gasteiger partial charge in [-0.25, -0.2) is 9.59 Å². The van der Waals surface area contributed by atoms with Crippen LogP contribution >= 0.6 is 17.0 Å². The number of dihydropyridines is 1. The Labute approximate surface area is 287 Å². The molecule has 13 heteroatoms. The molecular weight excluding hydrogens is 674 g/mol. The van der Waals surface area contributed by atoms with Crippen molar-refractivity contribution in [2.24, 2.45) is 0 Å². The molecule has 0 aliphatic carbocycles. The number of nitrogens with zero attached hydrogens (tertiary/aromatic N) is 1. The van der Waals surface area contributed by atoms with Crippen molar-refractivity contribution in [2.75, 3.05) is 34.0 Å². The molecule has 2 aromatic rings. The number of nitro groups is 1. The highest BCUT2D eigenvalue weighted by Gasteiger charge is 2.39. The molecule has 0 saturated carbocycles. The van der Waals surface area contributed by atoms with Crippen LogP contribution in [0.5, 0.6) is 11.5 Å². The van der Waals surface area contributed by atoms with Crippen LogP contribution in [-0.4, -0.2) is 62.4 Å². The molecular formula is C34H48BrN3O9. The zero-order valence-corrected chi connectivity index (χ0v) is 29.5. The highest BCUT2D eigenvalue weighted by atomic mass is 79.9. The summed E-state index contributed by atoms with van der Waals surface area (Å²) in [4.78, 5) is 37.2. The van der Waals surface area contributed by atoms with E-state index >= 15 is 0 Å². The van der Waals surface area contributed by atoms with E-state index in [0.717, 1.165) is 50.8 Å². The van der Waals surface area contributed by atoms with Crippen molar-refractivity contribution < 1.29 is 38.9 Å². The number of hydrogen-bond donors (Lipinski definition) is 2. The lowest BCUT2D eigenvalue weighted by Gasteiger charge is -2.30. The summed E-state index contributed by atoms with van der Waals surface area (Å²) in [7, 11) is 2.49. The maximum Gasteiger partial charge on any atom is 0.336 e. The Morgan fingerprint density at radius 2 is 1.51 bits per heavy atom. The normalized spacial score (nSPS) is 13.5. The van der Waals surface area contributed by atoms with Gasteiger partial charge in [-0.2, -0.15) is 0 Å². The van der Waals surface area contributed by atoms with Crippen LogP contribution in [-0.2, 0) is 19.1 Å². The second kappa shape index (κ2) is 21.0. The van der Waals surface area contributed by atoms with E-state index < -0.39 is 22.8 Å². The van der Waals surface area contributed by atoms with Gasteiger partial charge in [0.05, 0.1) is 49.4 Å². The first-order chi connectivity index (χ1) is 21.7. The molecule has 1 aliphatic heterocycles. The number of nitrogens with one attached hydrogen (secondary N) is 2. The number of rotatable bonds is 18. The monoisotopic (exact) mass is 721 g/mol. The zero-order valence-electron chi connectivity index (χ0n) is 27.8. The first kappa shape index (κ1) is 41.1. The fourth-order valence-electron chi connectivity index (χ4n) is 5.47. The van der Waals surface area contributed by atoms with Gasteiger partial charge in [0.2, 0.25) is 0 Å². The number of hydrogen-bond acceptors (Lipinski definition) is 10. The number of non-ortho nitro benzene ring substituents is 1. The molecule has 260 valence electrons. The molecule has 1 aliphatic rings. The van der Waals surface area contributed by atoms with Crippen LogP contribution in [0.2, 0.25) is 0 Å². The summed E-state index contributed by atoms with van der Waals surface area (Å²) in [6, 6.07) is 14.3. The number of benzene rings is 2. The molecule has 0 fully saturated rings. The third-order valence-corrected chi connectivity index (χ3v) is 7.71. The van der Waals surface area contributed by atoms with Crippen LogP contribution in [0.3, 0.4) is 0 Å². The lowest BCUT2D eigenvalue weighted by Crippen LogP contribution is -2.32. The van der Waals surface area contributed by atoms with Crippen LogP contribution < -0.4 is 20.1 Å². The van der Waals surface area contributed by atoms with E-state index in [0.29, 0.717) is 42.0 Å². The summed E-state index contributed by atoms with van der Waals surface area (Å²) in [6.45, 7) is 7.33. The maximum absolute atomic E-state index is 13.0. The number of methoxy groups -OCH3 is 2. The van der Waals surface area contributed by atoms with Crippen molar-refractivity contribution in [3.05, 3.63) is 86.7 Å². The summed E-state index contributed by atoms with van der Waals surface area (Å²) in [5.74, 6) is -1.14. The first-order valence-corrected chi connectivity index (χ1v) is 15.4. The molecule has 0 radical (unpaired) electrons. The van der Waals surface area contributed by atoms with Gasteiger partial charge in [-0.1, -0.05) is 38.0 Å². The van der Waals surface area contributed by atoms with Gasteiger partial charge in [-0.05, 0) is 64.3 Å². The number of carbonyl (C=O) groups is 2. The topological polar surface area (TPSA) is 170 Å². The van der Waals surface area contributed by atoms with Gasteiger partial charge in [-0.15, -0.1) is 17.0 Å². The Morgan fingerprint density at radius 3 is 2.09 bits per heavy atom. The minimum atomic E-state index is -1.00. The molecule has 3 rings (SSSR count). The predicted octanol–water partition coefficient (Wildman–Crippen LogP) is 5.71. The molecule has 12 nitrogen and oxygen atoms in total. The molecule has 1 heterocycles. The van der Waals surface area contributed by atoms with Crippen LogP contribution in [0.15, 0.2) is 71.1 Å². The molecule has 2 aromatic carbocycles. The van der Waals surface area contributed by atoms with E-state index in [1.807, 2.05) is 30.3 Å². The van der Waals surface area contributed by atoms with Crippen molar-refractivity contribution in [1.29, 1.82) is 0 Å². The van der Waals surface area contributed by atoms with E-state index in [4.69, 9.17) is 18.9 Å². The molecule has 47 heavy (non-hydrogen) atoms. The number of carbonyl (C=O) groups excluding carboxylic acids is 2. The number of ether oxygens (including phenoxy) is 4. The largest absolute Gasteiger partial charge is 0.494 e. The molecule has 4 N–H and O–H groups in total. The van der Waals surface area contributed by atoms with Gasteiger partial charge >= 0.3 is 11.9 Å². The third-order valence-electron chi connectivity index (χ3n) is 7.71. The smallest absolute Gasteiger partial charge is 0.336 e. The lowest BCUT2D eigenvalue weighted by molar-refractivity contribution is -0.384. The summed E-state index contributed by atoms with van der Waals surface area (Å²) in [5.41, 5.74) is 1.34. The molecule has 0 aromatic heterocycles. The number of unbranched alkanes of at least 4 members (excludes halogenated alkanes) is 1. The zero-order chi connectivity index (χ0) is 32.8. The van der Waals surface area contributed by atoms with Crippen LogP contribution in [0, 0.1) is 10.1 Å². The van der Waals surface area contributed by atoms with E-state index in [1.54, 1.807) is 13.8 Å². The van der Waals surface area contributed by atoms with Crippen LogP contribution in [0.25, 0.3) is 0 Å². The van der Waals surface area contributed by atoms with E-state index in [1.165, 1.54) is 32.4 Å². The minimum Gasteiger partial charge on any atom is -0.494 e. The Bertz CT molecular complexity index is 1340. The molecule has 1 atom stereocenters. The van der Waals surface area contributed by atoms with E-state index in [9.17, 15) is 19.7 Å². The highest BCUT2D eigenvalue weighted by molar-refractivity contribution is 8.93. The van der Waals surface area contributed by atoms with Crippen molar-refractivity contribution in [2.45, 2.75) is 71.3 Å². The molecule has 0 amide bonds. The highest BCUT2D eigenvalue weighted by Crippen LogP contribution is 2.44. The number of para-hydroxylation sites is 1. The fraction of sp³-hybridized carbons (Fsp3) is 0.471. The molecule has 0 spiro atoms. The standard InChI is InChI=1S/C34H45N3O8.BrH.H2O/c1-6-7-13-25(35-19-12-21-44-27-15-9-8-10-16-27)14-11-20-45-29-18-17-26(37(40)41)22-28(29)32-30(33(38)42-4)23(2)36-24(3)31(32)34(39)43-5;;/h8-10,15-18,22,25,32,35-36H,6-7,11-14,19-21H2,1-5H3;1H;1H2. The predicted molar refractivity (Wildman–Crippen MR) is 185 cm³/mol. The average Bonchev–Trinajstić information content (AvgIpc) is 3.04. The summed E-state index contributed by atoms with van der Waals surface area (Å²) < 4.78 is 22.1. The number of halogens is 1. The second-order valence-electron chi connectivity index (χ2n) is 10.9. The minimum absolute atomic E-state index is 0. The summed E-state index contributed by atoms with van der Waals surface area (Å²) in [5, 5.41) is 18.5. The van der Waals surface area contributed by atoms with Gasteiger partial charge in [0.15, 0.2) is 0 Å². The van der Waals surface area contributed by atoms with Crippen molar-refractivity contribution >= 4 is 34.6 Å². The maximum atomic E-state index is 13.0. The Balaban J connectivity index is 0.00000552.